The molecule has 0 saturated heterocycles. The van der Waals surface area contributed by atoms with Gasteiger partial charge in [-0.15, -0.1) is 0 Å². The molecule has 1 atom stereocenters. The molecule has 0 fully saturated rings. The van der Waals surface area contributed by atoms with Gasteiger partial charge >= 0.3 is 0 Å². The summed E-state index contributed by atoms with van der Waals surface area (Å²) in [6, 6.07) is 6.31. The quantitative estimate of drug-likeness (QED) is 0.705. The van der Waals surface area contributed by atoms with E-state index in [2.05, 4.69) is 28.9 Å². The van der Waals surface area contributed by atoms with Crippen LogP contribution in [-0.2, 0) is 11.2 Å². The molecule has 0 aromatic heterocycles. The Balaban J connectivity index is 2.59. The van der Waals surface area contributed by atoms with Gasteiger partial charge in [0.25, 0.3) is 0 Å². The van der Waals surface area contributed by atoms with E-state index in [1.807, 2.05) is 12.1 Å². The summed E-state index contributed by atoms with van der Waals surface area (Å²) in [6.07, 6.45) is 3.84. The van der Waals surface area contributed by atoms with Crippen LogP contribution < -0.4 is 10.5 Å². The van der Waals surface area contributed by atoms with Gasteiger partial charge in [-0.3, -0.25) is 0 Å². The van der Waals surface area contributed by atoms with Gasteiger partial charge in [0.15, 0.2) is 0 Å². The molecule has 0 heterocycles. The highest BCUT2D eigenvalue weighted by atomic mass is 79.9. The van der Waals surface area contributed by atoms with E-state index in [4.69, 9.17) is 15.2 Å². The molecule has 4 heteroatoms. The van der Waals surface area contributed by atoms with E-state index in [0.717, 1.165) is 42.5 Å². The fourth-order valence-corrected chi connectivity index (χ4v) is 2.35. The first-order valence-electron chi connectivity index (χ1n) is 6.83. The van der Waals surface area contributed by atoms with Crippen LogP contribution >= 0.6 is 15.9 Å². The standard InChI is InChI=1S/C15H24BrNO2/c1-3-13(17)11-12-7-6-8-14(16)15(12)19-10-5-4-9-18-2/h6-8,13H,3-5,9-11,17H2,1-2H3. The number of halogens is 1. The molecule has 2 N–H and O–H groups in total. The van der Waals surface area contributed by atoms with Gasteiger partial charge in [-0.05, 0) is 53.2 Å². The SMILES string of the molecule is CCC(N)Cc1cccc(Br)c1OCCCCOC. The highest BCUT2D eigenvalue weighted by molar-refractivity contribution is 9.10. The van der Waals surface area contributed by atoms with Crippen molar-refractivity contribution in [2.45, 2.75) is 38.6 Å². The summed E-state index contributed by atoms with van der Waals surface area (Å²) in [5.41, 5.74) is 7.21. The molecule has 0 aliphatic rings. The zero-order valence-electron chi connectivity index (χ0n) is 11.8. The minimum Gasteiger partial charge on any atom is -0.492 e. The maximum absolute atomic E-state index is 6.03. The van der Waals surface area contributed by atoms with Crippen LogP contribution in [0.4, 0.5) is 0 Å². The zero-order valence-corrected chi connectivity index (χ0v) is 13.4. The average Bonchev–Trinajstić information content (AvgIpc) is 2.41. The summed E-state index contributed by atoms with van der Waals surface area (Å²) >= 11 is 3.55. The molecule has 0 amide bonds. The molecular weight excluding hydrogens is 306 g/mol. The minimum absolute atomic E-state index is 0.185. The monoisotopic (exact) mass is 329 g/mol. The summed E-state index contributed by atoms with van der Waals surface area (Å²) in [4.78, 5) is 0. The van der Waals surface area contributed by atoms with Crippen molar-refractivity contribution in [2.75, 3.05) is 20.3 Å². The van der Waals surface area contributed by atoms with Gasteiger partial charge < -0.3 is 15.2 Å². The molecule has 0 bridgehead atoms. The topological polar surface area (TPSA) is 44.5 Å². The van der Waals surface area contributed by atoms with Crippen molar-refractivity contribution in [1.29, 1.82) is 0 Å². The number of hydrogen-bond donors (Lipinski definition) is 1. The molecule has 1 aromatic rings. The van der Waals surface area contributed by atoms with Crippen LogP contribution in [0.3, 0.4) is 0 Å². The van der Waals surface area contributed by atoms with Crippen LogP contribution in [0, 0.1) is 0 Å². The van der Waals surface area contributed by atoms with E-state index >= 15 is 0 Å². The van der Waals surface area contributed by atoms with Gasteiger partial charge in [0.05, 0.1) is 11.1 Å². The lowest BCUT2D eigenvalue weighted by Crippen LogP contribution is -2.21. The number of unbranched alkanes of at least 4 members (excludes halogenated alkanes) is 1. The lowest BCUT2D eigenvalue weighted by Gasteiger charge is -2.15. The third-order valence-corrected chi connectivity index (χ3v) is 3.67. The van der Waals surface area contributed by atoms with Gasteiger partial charge in [-0.1, -0.05) is 19.1 Å². The fourth-order valence-electron chi connectivity index (χ4n) is 1.83. The van der Waals surface area contributed by atoms with Gasteiger partial charge in [0.2, 0.25) is 0 Å². The van der Waals surface area contributed by atoms with E-state index in [9.17, 15) is 0 Å². The van der Waals surface area contributed by atoms with Gasteiger partial charge in [0, 0.05) is 19.8 Å². The van der Waals surface area contributed by atoms with Gasteiger partial charge in [-0.25, -0.2) is 0 Å². The summed E-state index contributed by atoms with van der Waals surface area (Å²) < 4.78 is 11.9. The summed E-state index contributed by atoms with van der Waals surface area (Å²) in [5, 5.41) is 0. The van der Waals surface area contributed by atoms with E-state index in [1.165, 1.54) is 5.56 Å². The van der Waals surface area contributed by atoms with Crippen LogP contribution in [0.15, 0.2) is 22.7 Å². The largest absolute Gasteiger partial charge is 0.492 e. The Morgan fingerprint density at radius 3 is 2.68 bits per heavy atom. The fraction of sp³-hybridized carbons (Fsp3) is 0.600. The number of para-hydroxylation sites is 1. The van der Waals surface area contributed by atoms with Crippen molar-refractivity contribution in [3.05, 3.63) is 28.2 Å². The van der Waals surface area contributed by atoms with Crippen LogP contribution in [0.1, 0.15) is 31.7 Å². The molecule has 0 aliphatic heterocycles. The summed E-state index contributed by atoms with van der Waals surface area (Å²) in [6.45, 7) is 3.60. The van der Waals surface area contributed by atoms with E-state index < -0.39 is 0 Å². The third kappa shape index (κ3) is 5.93. The lowest BCUT2D eigenvalue weighted by molar-refractivity contribution is 0.184. The predicted octanol–water partition coefficient (Wildman–Crippen LogP) is 3.53. The second kappa shape index (κ2) is 9.34. The Morgan fingerprint density at radius 2 is 2.00 bits per heavy atom. The van der Waals surface area contributed by atoms with Crippen LogP contribution in [0.25, 0.3) is 0 Å². The first-order valence-corrected chi connectivity index (χ1v) is 7.63. The number of methoxy groups -OCH3 is 1. The molecule has 3 nitrogen and oxygen atoms in total. The van der Waals surface area contributed by atoms with Gasteiger partial charge in [-0.2, -0.15) is 0 Å². The Bertz CT molecular complexity index is 371. The van der Waals surface area contributed by atoms with E-state index in [-0.39, 0.29) is 6.04 Å². The molecule has 1 unspecified atom stereocenters. The Labute approximate surface area is 124 Å². The van der Waals surface area contributed by atoms with Crippen molar-refractivity contribution >= 4 is 15.9 Å². The van der Waals surface area contributed by atoms with Crippen LogP contribution in [0.5, 0.6) is 5.75 Å². The number of nitrogens with two attached hydrogens (primary N) is 1. The summed E-state index contributed by atoms with van der Waals surface area (Å²) in [5.74, 6) is 0.934. The molecule has 0 aliphatic carbocycles. The maximum atomic E-state index is 6.03. The second-order valence-corrected chi connectivity index (χ2v) is 5.50. The Morgan fingerprint density at radius 1 is 1.26 bits per heavy atom. The molecule has 0 saturated carbocycles. The minimum atomic E-state index is 0.185. The first kappa shape index (κ1) is 16.5. The maximum Gasteiger partial charge on any atom is 0.136 e. The highest BCUT2D eigenvalue weighted by Crippen LogP contribution is 2.30. The van der Waals surface area contributed by atoms with Crippen molar-refractivity contribution in [2.24, 2.45) is 5.73 Å². The zero-order chi connectivity index (χ0) is 14.1. The first-order chi connectivity index (χ1) is 9.19. The number of rotatable bonds is 9. The number of hydrogen-bond acceptors (Lipinski definition) is 3. The average molecular weight is 330 g/mol. The normalized spacial score (nSPS) is 12.4. The number of benzene rings is 1. The van der Waals surface area contributed by atoms with E-state index in [1.54, 1.807) is 7.11 Å². The third-order valence-electron chi connectivity index (χ3n) is 3.04. The predicted molar refractivity (Wildman–Crippen MR) is 82.7 cm³/mol. The Hall–Kier alpha value is -0.580. The van der Waals surface area contributed by atoms with Crippen LogP contribution in [-0.4, -0.2) is 26.4 Å². The number of ether oxygens (including phenoxy) is 2. The van der Waals surface area contributed by atoms with Crippen molar-refractivity contribution in [3.8, 4) is 5.75 Å². The molecular formula is C15H24BrNO2. The van der Waals surface area contributed by atoms with E-state index in [0.29, 0.717) is 6.61 Å². The molecule has 108 valence electrons. The highest BCUT2D eigenvalue weighted by Gasteiger charge is 2.10. The van der Waals surface area contributed by atoms with Crippen molar-refractivity contribution in [3.63, 3.8) is 0 Å². The molecule has 1 aromatic carbocycles. The Kier molecular flexibility index (Phi) is 8.10. The van der Waals surface area contributed by atoms with Crippen molar-refractivity contribution in [1.82, 2.24) is 0 Å². The molecule has 19 heavy (non-hydrogen) atoms. The molecule has 0 radical (unpaired) electrons. The lowest BCUT2D eigenvalue weighted by atomic mass is 10.0. The second-order valence-electron chi connectivity index (χ2n) is 4.65. The molecule has 1 rings (SSSR count). The molecule has 0 spiro atoms. The van der Waals surface area contributed by atoms with Crippen molar-refractivity contribution < 1.29 is 9.47 Å². The van der Waals surface area contributed by atoms with Gasteiger partial charge in [0.1, 0.15) is 5.75 Å². The smallest absolute Gasteiger partial charge is 0.136 e. The summed E-state index contributed by atoms with van der Waals surface area (Å²) in [7, 11) is 1.72. The van der Waals surface area contributed by atoms with Crippen LogP contribution in [0.2, 0.25) is 0 Å².